The van der Waals surface area contributed by atoms with Gasteiger partial charge in [-0.05, 0) is 35.0 Å². The molecule has 1 aliphatic rings. The molecule has 0 bridgehead atoms. The second-order valence-electron chi connectivity index (χ2n) is 4.34. The molecule has 0 radical (unpaired) electrons. The van der Waals surface area contributed by atoms with Gasteiger partial charge < -0.3 is 10.1 Å². The number of carbonyl (C=O) groups is 1. The molecular formula is C12H16BrClN2O2S. The summed E-state index contributed by atoms with van der Waals surface area (Å²) < 4.78 is 6.45. The van der Waals surface area contributed by atoms with E-state index in [1.165, 1.54) is 18.4 Å². The fraction of sp³-hybridized carbons (Fsp3) is 0.583. The quantitative estimate of drug-likeness (QED) is 0.834. The van der Waals surface area contributed by atoms with E-state index in [9.17, 15) is 4.79 Å². The molecule has 0 spiro atoms. The van der Waals surface area contributed by atoms with E-state index in [-0.39, 0.29) is 12.0 Å². The van der Waals surface area contributed by atoms with Crippen LogP contribution in [-0.4, -0.2) is 44.2 Å². The molecule has 1 aromatic rings. The summed E-state index contributed by atoms with van der Waals surface area (Å²) in [7, 11) is 1.43. The highest BCUT2D eigenvalue weighted by Crippen LogP contribution is 2.37. The summed E-state index contributed by atoms with van der Waals surface area (Å²) in [5, 5.41) is 3.33. The minimum absolute atomic E-state index is 0.229. The van der Waals surface area contributed by atoms with Gasteiger partial charge in [-0.1, -0.05) is 11.6 Å². The zero-order valence-electron chi connectivity index (χ0n) is 10.6. The lowest BCUT2D eigenvalue weighted by molar-refractivity contribution is -0.147. The van der Waals surface area contributed by atoms with E-state index in [2.05, 4.69) is 26.1 Å². The van der Waals surface area contributed by atoms with Crippen molar-refractivity contribution in [1.29, 1.82) is 0 Å². The lowest BCUT2D eigenvalue weighted by Crippen LogP contribution is -2.36. The summed E-state index contributed by atoms with van der Waals surface area (Å²) in [6, 6.07) is 1.55. The summed E-state index contributed by atoms with van der Waals surface area (Å²) in [6.07, 6.45) is 1.02. The van der Waals surface area contributed by atoms with Gasteiger partial charge in [-0.2, -0.15) is 0 Å². The predicted molar refractivity (Wildman–Crippen MR) is 80.8 cm³/mol. The van der Waals surface area contributed by atoms with Crippen LogP contribution in [-0.2, 0) is 9.53 Å². The molecule has 7 heteroatoms. The van der Waals surface area contributed by atoms with E-state index in [1.54, 1.807) is 0 Å². The molecule has 1 aromatic heterocycles. The van der Waals surface area contributed by atoms with Crippen LogP contribution in [0, 0.1) is 0 Å². The second-order valence-corrected chi connectivity index (χ2v) is 6.88. The maximum atomic E-state index is 12.1. The number of ether oxygens (including phenoxy) is 1. The van der Waals surface area contributed by atoms with Crippen molar-refractivity contribution >= 4 is 44.8 Å². The van der Waals surface area contributed by atoms with Crippen molar-refractivity contribution in [1.82, 2.24) is 10.2 Å². The largest absolute Gasteiger partial charge is 0.468 e. The molecule has 0 aliphatic carbocycles. The highest BCUT2D eigenvalue weighted by Gasteiger charge is 2.31. The summed E-state index contributed by atoms with van der Waals surface area (Å²) in [4.78, 5) is 15.2. The van der Waals surface area contributed by atoms with Gasteiger partial charge in [-0.3, -0.25) is 4.90 Å². The van der Waals surface area contributed by atoms with Crippen molar-refractivity contribution in [2.24, 2.45) is 0 Å². The smallest absolute Gasteiger partial charge is 0.328 e. The molecular weight excluding hydrogens is 352 g/mol. The third kappa shape index (κ3) is 3.70. The molecule has 1 aliphatic heterocycles. The molecule has 0 amide bonds. The van der Waals surface area contributed by atoms with E-state index in [4.69, 9.17) is 16.3 Å². The first kappa shape index (κ1) is 15.3. The molecule has 1 atom stereocenters. The fourth-order valence-electron chi connectivity index (χ4n) is 2.18. The molecule has 0 saturated carbocycles. The van der Waals surface area contributed by atoms with Crippen molar-refractivity contribution in [3.05, 3.63) is 19.8 Å². The summed E-state index contributed by atoms with van der Waals surface area (Å²) in [5.41, 5.74) is 0. The van der Waals surface area contributed by atoms with Crippen molar-refractivity contribution in [3.8, 4) is 0 Å². The lowest BCUT2D eigenvalue weighted by atomic mass is 10.2. The molecule has 2 rings (SSSR count). The average molecular weight is 368 g/mol. The first-order valence-electron chi connectivity index (χ1n) is 6.11. The zero-order valence-corrected chi connectivity index (χ0v) is 13.8. The fourth-order valence-corrected chi connectivity index (χ4v) is 4.04. The molecule has 106 valence electrons. The standard InChI is InChI=1S/C12H16BrClN2O2S/c1-18-12(17)10(9-7-8(13)11(14)19-9)16-5-2-3-15-4-6-16/h7,10,15H,2-6H2,1H3. The molecule has 2 heterocycles. The highest BCUT2D eigenvalue weighted by atomic mass is 79.9. The van der Waals surface area contributed by atoms with E-state index < -0.39 is 0 Å². The average Bonchev–Trinajstić information content (AvgIpc) is 2.61. The van der Waals surface area contributed by atoms with Crippen LogP contribution in [0.3, 0.4) is 0 Å². The maximum absolute atomic E-state index is 12.1. The molecule has 19 heavy (non-hydrogen) atoms. The van der Waals surface area contributed by atoms with Crippen molar-refractivity contribution in [3.63, 3.8) is 0 Å². The number of methoxy groups -OCH3 is 1. The molecule has 1 unspecified atom stereocenters. The molecule has 1 fully saturated rings. The number of esters is 1. The third-order valence-electron chi connectivity index (χ3n) is 3.10. The Balaban J connectivity index is 2.26. The number of hydrogen-bond acceptors (Lipinski definition) is 5. The number of nitrogens with one attached hydrogen (secondary N) is 1. The van der Waals surface area contributed by atoms with Gasteiger partial charge >= 0.3 is 5.97 Å². The van der Waals surface area contributed by atoms with Crippen LogP contribution in [0.15, 0.2) is 10.5 Å². The van der Waals surface area contributed by atoms with Gasteiger partial charge in [0.05, 0.1) is 7.11 Å². The van der Waals surface area contributed by atoms with Gasteiger partial charge in [0, 0.05) is 29.0 Å². The zero-order chi connectivity index (χ0) is 13.8. The predicted octanol–water partition coefficient (Wildman–Crippen LogP) is 2.67. The number of nitrogens with zero attached hydrogens (tertiary/aromatic N) is 1. The Morgan fingerprint density at radius 1 is 1.58 bits per heavy atom. The second kappa shape index (κ2) is 7.04. The first-order valence-corrected chi connectivity index (χ1v) is 8.09. The number of rotatable bonds is 3. The van der Waals surface area contributed by atoms with Gasteiger partial charge in [0.15, 0.2) is 0 Å². The Hall–Kier alpha value is -0.140. The summed E-state index contributed by atoms with van der Waals surface area (Å²) >= 11 is 10.9. The molecule has 4 nitrogen and oxygen atoms in total. The Kier molecular flexibility index (Phi) is 5.65. The van der Waals surface area contributed by atoms with E-state index in [1.807, 2.05) is 6.07 Å². The number of hydrogen-bond donors (Lipinski definition) is 1. The van der Waals surface area contributed by atoms with Crippen LogP contribution in [0.25, 0.3) is 0 Å². The molecule has 0 aromatic carbocycles. The highest BCUT2D eigenvalue weighted by molar-refractivity contribution is 9.10. The van der Waals surface area contributed by atoms with Crippen LogP contribution in [0.4, 0.5) is 0 Å². The molecule has 1 saturated heterocycles. The van der Waals surface area contributed by atoms with Crippen LogP contribution in [0.2, 0.25) is 4.34 Å². The van der Waals surface area contributed by atoms with Crippen LogP contribution in [0.5, 0.6) is 0 Å². The minimum atomic E-state index is -0.362. The van der Waals surface area contributed by atoms with Gasteiger partial charge in [0.2, 0.25) is 0 Å². The third-order valence-corrected chi connectivity index (χ3v) is 5.63. The van der Waals surface area contributed by atoms with Crippen molar-refractivity contribution < 1.29 is 9.53 Å². The van der Waals surface area contributed by atoms with E-state index in [0.717, 1.165) is 41.9 Å². The number of thiophene rings is 1. The Morgan fingerprint density at radius 3 is 3.00 bits per heavy atom. The number of halogens is 2. The monoisotopic (exact) mass is 366 g/mol. The number of carbonyl (C=O) groups excluding carboxylic acids is 1. The van der Waals surface area contributed by atoms with E-state index in [0.29, 0.717) is 4.34 Å². The maximum Gasteiger partial charge on any atom is 0.328 e. The SMILES string of the molecule is COC(=O)C(c1cc(Br)c(Cl)s1)N1CCCNCC1. The summed E-state index contributed by atoms with van der Waals surface area (Å²) in [6.45, 7) is 3.57. The van der Waals surface area contributed by atoms with Crippen LogP contribution in [0.1, 0.15) is 17.3 Å². The lowest BCUT2D eigenvalue weighted by Gasteiger charge is -2.27. The van der Waals surface area contributed by atoms with Gasteiger partial charge in [0.25, 0.3) is 0 Å². The molecule has 1 N–H and O–H groups in total. The Bertz CT molecular complexity index is 427. The van der Waals surface area contributed by atoms with Gasteiger partial charge in [-0.25, -0.2) is 4.79 Å². The van der Waals surface area contributed by atoms with E-state index >= 15 is 0 Å². The Morgan fingerprint density at radius 2 is 2.37 bits per heavy atom. The van der Waals surface area contributed by atoms with Crippen LogP contribution >= 0.6 is 38.9 Å². The first-order chi connectivity index (χ1) is 9.13. The summed E-state index contributed by atoms with van der Waals surface area (Å²) in [5.74, 6) is -0.229. The van der Waals surface area contributed by atoms with Crippen molar-refractivity contribution in [2.75, 3.05) is 33.3 Å². The Labute approximate surface area is 130 Å². The topological polar surface area (TPSA) is 41.6 Å². The normalized spacial score (nSPS) is 18.9. The minimum Gasteiger partial charge on any atom is -0.468 e. The van der Waals surface area contributed by atoms with Crippen LogP contribution < -0.4 is 5.32 Å². The van der Waals surface area contributed by atoms with Crippen molar-refractivity contribution in [2.45, 2.75) is 12.5 Å². The van der Waals surface area contributed by atoms with Gasteiger partial charge in [0.1, 0.15) is 10.4 Å². The van der Waals surface area contributed by atoms with Gasteiger partial charge in [-0.15, -0.1) is 11.3 Å².